The number of halogens is 2. The maximum atomic E-state index is 10.8. The van der Waals surface area contributed by atoms with Crippen molar-refractivity contribution >= 4 is 34.3 Å². The van der Waals surface area contributed by atoms with Crippen molar-refractivity contribution in [3.8, 4) is 5.75 Å². The van der Waals surface area contributed by atoms with Gasteiger partial charge in [0.1, 0.15) is 5.75 Å². The van der Waals surface area contributed by atoms with Crippen molar-refractivity contribution < 1.29 is 15.0 Å². The smallest absolute Gasteiger partial charge is 0.335 e. The van der Waals surface area contributed by atoms with E-state index in [0.29, 0.717) is 16.5 Å². The Bertz CT molecular complexity index is 398. The van der Waals surface area contributed by atoms with Gasteiger partial charge in [-0.3, -0.25) is 0 Å². The van der Waals surface area contributed by atoms with Crippen molar-refractivity contribution in [2.24, 2.45) is 5.73 Å². The second kappa shape index (κ2) is 6.08. The highest BCUT2D eigenvalue weighted by molar-refractivity contribution is 9.10. The summed E-state index contributed by atoms with van der Waals surface area (Å²) in [5.74, 6) is -1.03. The van der Waals surface area contributed by atoms with Gasteiger partial charge in [0.05, 0.1) is 10.0 Å². The molecule has 4 nitrogen and oxygen atoms in total. The fraction of sp³-hybridized carbons (Fsp3) is 0.300. The van der Waals surface area contributed by atoms with E-state index in [9.17, 15) is 9.90 Å². The third-order valence-electron chi connectivity index (χ3n) is 2.18. The van der Waals surface area contributed by atoms with Gasteiger partial charge in [-0.05, 0) is 34.5 Å². The summed E-state index contributed by atoms with van der Waals surface area (Å²) in [6, 6.07) is 2.39. The third kappa shape index (κ3) is 3.10. The number of rotatable bonds is 3. The van der Waals surface area contributed by atoms with E-state index in [4.69, 9.17) is 10.8 Å². The van der Waals surface area contributed by atoms with Crippen molar-refractivity contribution in [2.45, 2.75) is 19.4 Å². The van der Waals surface area contributed by atoms with E-state index >= 15 is 0 Å². The van der Waals surface area contributed by atoms with Gasteiger partial charge in [-0.2, -0.15) is 0 Å². The Kier molecular flexibility index (Phi) is 5.78. The lowest BCUT2D eigenvalue weighted by molar-refractivity contribution is 0.0696. The molecular weight excluding hydrogens is 297 g/mol. The average molecular weight is 311 g/mol. The molecule has 0 heterocycles. The summed E-state index contributed by atoms with van der Waals surface area (Å²) in [6.07, 6.45) is 0.628. The molecule has 0 saturated carbocycles. The normalized spacial score (nSPS) is 11.7. The molecule has 1 rings (SSSR count). The number of aromatic carboxylic acids is 1. The molecule has 0 aromatic heterocycles. The van der Waals surface area contributed by atoms with Gasteiger partial charge in [-0.25, -0.2) is 4.79 Å². The van der Waals surface area contributed by atoms with E-state index in [1.54, 1.807) is 0 Å². The van der Waals surface area contributed by atoms with E-state index in [-0.39, 0.29) is 29.8 Å². The number of hydrogen-bond donors (Lipinski definition) is 3. The first-order chi connectivity index (χ1) is 6.97. The minimum Gasteiger partial charge on any atom is -0.506 e. The predicted octanol–water partition coefficient (Wildman–Crippen LogP) is 2.68. The molecule has 0 spiro atoms. The zero-order valence-electron chi connectivity index (χ0n) is 8.61. The molecule has 16 heavy (non-hydrogen) atoms. The highest BCUT2D eigenvalue weighted by Gasteiger charge is 2.15. The van der Waals surface area contributed by atoms with Crippen molar-refractivity contribution in [1.29, 1.82) is 0 Å². The molecule has 0 saturated heterocycles. The molecule has 0 radical (unpaired) electrons. The molecule has 1 aromatic carbocycles. The van der Waals surface area contributed by atoms with Crippen LogP contribution in [-0.2, 0) is 0 Å². The highest BCUT2D eigenvalue weighted by Crippen LogP contribution is 2.33. The first-order valence-electron chi connectivity index (χ1n) is 4.48. The molecule has 90 valence electrons. The van der Waals surface area contributed by atoms with Gasteiger partial charge in [0, 0.05) is 11.6 Å². The van der Waals surface area contributed by atoms with Crippen LogP contribution in [0.2, 0.25) is 0 Å². The second-order valence-electron chi connectivity index (χ2n) is 3.22. The van der Waals surface area contributed by atoms with E-state index in [1.165, 1.54) is 12.1 Å². The molecule has 0 aliphatic rings. The first-order valence-corrected chi connectivity index (χ1v) is 5.28. The summed E-state index contributed by atoms with van der Waals surface area (Å²) >= 11 is 3.09. The van der Waals surface area contributed by atoms with E-state index in [2.05, 4.69) is 15.9 Å². The number of phenols is 1. The number of benzene rings is 1. The average Bonchev–Trinajstić information content (AvgIpc) is 2.20. The van der Waals surface area contributed by atoms with Crippen molar-refractivity contribution in [3.63, 3.8) is 0 Å². The van der Waals surface area contributed by atoms with E-state index in [0.717, 1.165) is 0 Å². The lowest BCUT2D eigenvalue weighted by atomic mass is 10.0. The Labute approximate surface area is 108 Å². The standard InChI is InChI=1S/C10H12BrNO3.ClH/c1-2-8(12)6-3-5(10(14)15)4-7(11)9(6)13;/h3-4,8,13H,2,12H2,1H3,(H,14,15);1H/t8-;/m1./s1. The highest BCUT2D eigenvalue weighted by atomic mass is 79.9. The van der Waals surface area contributed by atoms with Gasteiger partial charge >= 0.3 is 5.97 Å². The number of aromatic hydroxyl groups is 1. The Morgan fingerprint density at radius 1 is 1.56 bits per heavy atom. The van der Waals surface area contributed by atoms with Crippen LogP contribution in [0.25, 0.3) is 0 Å². The largest absolute Gasteiger partial charge is 0.506 e. The van der Waals surface area contributed by atoms with Crippen molar-refractivity contribution in [1.82, 2.24) is 0 Å². The molecule has 0 unspecified atom stereocenters. The van der Waals surface area contributed by atoms with Gasteiger partial charge in [-0.15, -0.1) is 12.4 Å². The molecule has 0 bridgehead atoms. The lowest BCUT2D eigenvalue weighted by Crippen LogP contribution is -2.10. The van der Waals surface area contributed by atoms with Crippen molar-refractivity contribution in [2.75, 3.05) is 0 Å². The Morgan fingerprint density at radius 3 is 2.56 bits per heavy atom. The molecule has 4 N–H and O–H groups in total. The summed E-state index contributed by atoms with van der Waals surface area (Å²) in [6.45, 7) is 1.87. The summed E-state index contributed by atoms with van der Waals surface area (Å²) in [4.78, 5) is 10.8. The Balaban J connectivity index is 0.00000225. The molecule has 1 aromatic rings. The van der Waals surface area contributed by atoms with Gasteiger partial charge in [0.25, 0.3) is 0 Å². The van der Waals surface area contributed by atoms with Crippen LogP contribution >= 0.6 is 28.3 Å². The van der Waals surface area contributed by atoms with E-state index in [1.807, 2.05) is 6.92 Å². The van der Waals surface area contributed by atoms with Crippen molar-refractivity contribution in [3.05, 3.63) is 27.7 Å². The predicted molar refractivity (Wildman–Crippen MR) is 67.2 cm³/mol. The number of hydrogen-bond acceptors (Lipinski definition) is 3. The molecule has 0 fully saturated rings. The fourth-order valence-electron chi connectivity index (χ4n) is 1.25. The summed E-state index contributed by atoms with van der Waals surface area (Å²) in [7, 11) is 0. The number of carbonyl (C=O) groups is 1. The maximum Gasteiger partial charge on any atom is 0.335 e. The molecule has 1 atom stereocenters. The van der Waals surface area contributed by atoms with Gasteiger partial charge in [-0.1, -0.05) is 6.92 Å². The fourth-order valence-corrected chi connectivity index (χ4v) is 1.72. The zero-order chi connectivity index (χ0) is 11.6. The number of carboxylic acid groups (broad SMARTS) is 1. The zero-order valence-corrected chi connectivity index (χ0v) is 11.0. The Morgan fingerprint density at radius 2 is 2.12 bits per heavy atom. The number of phenolic OH excluding ortho intramolecular Hbond substituents is 1. The molecular formula is C10H13BrClNO3. The van der Waals surface area contributed by atoms with Crippen LogP contribution in [-0.4, -0.2) is 16.2 Å². The topological polar surface area (TPSA) is 83.6 Å². The minimum atomic E-state index is -1.04. The van der Waals surface area contributed by atoms with Gasteiger partial charge < -0.3 is 15.9 Å². The summed E-state index contributed by atoms with van der Waals surface area (Å²) in [5.41, 5.74) is 6.32. The summed E-state index contributed by atoms with van der Waals surface area (Å²) in [5, 5.41) is 18.5. The van der Waals surface area contributed by atoms with Crippen LogP contribution < -0.4 is 5.73 Å². The molecule has 0 aliphatic carbocycles. The minimum absolute atomic E-state index is 0. The van der Waals surface area contributed by atoms with Crippen LogP contribution in [0.4, 0.5) is 0 Å². The van der Waals surface area contributed by atoms with Crippen LogP contribution in [0.5, 0.6) is 5.75 Å². The van der Waals surface area contributed by atoms with Crippen LogP contribution in [0, 0.1) is 0 Å². The SMILES string of the molecule is CC[C@@H](N)c1cc(C(=O)O)cc(Br)c1O.Cl. The molecule has 0 aliphatic heterocycles. The molecule has 6 heteroatoms. The van der Waals surface area contributed by atoms with Crippen LogP contribution in [0.15, 0.2) is 16.6 Å². The molecule has 0 amide bonds. The number of nitrogens with two attached hydrogens (primary N) is 1. The van der Waals surface area contributed by atoms with E-state index < -0.39 is 5.97 Å². The van der Waals surface area contributed by atoms with Crippen LogP contribution in [0.1, 0.15) is 35.3 Å². The second-order valence-corrected chi connectivity index (χ2v) is 4.07. The van der Waals surface area contributed by atoms with Gasteiger partial charge in [0.2, 0.25) is 0 Å². The Hall–Kier alpha value is -0.780. The van der Waals surface area contributed by atoms with Crippen LogP contribution in [0.3, 0.4) is 0 Å². The van der Waals surface area contributed by atoms with Gasteiger partial charge in [0.15, 0.2) is 0 Å². The number of carboxylic acids is 1. The third-order valence-corrected chi connectivity index (χ3v) is 2.78. The lowest BCUT2D eigenvalue weighted by Gasteiger charge is -2.13. The summed E-state index contributed by atoms with van der Waals surface area (Å²) < 4.78 is 0.348. The quantitative estimate of drug-likeness (QED) is 0.801. The first kappa shape index (κ1) is 15.2. The monoisotopic (exact) mass is 309 g/mol. The maximum absolute atomic E-state index is 10.8.